The Balaban J connectivity index is 1.57. The number of H-pyrrole nitrogens is 1. The molecule has 0 radical (unpaired) electrons. The number of fused-ring (bicyclic) bond motifs is 1. The maximum absolute atomic E-state index is 13.9. The van der Waals surface area contributed by atoms with Crippen LogP contribution in [-0.4, -0.2) is 26.4 Å². The van der Waals surface area contributed by atoms with Crippen molar-refractivity contribution in [2.45, 2.75) is 0 Å². The van der Waals surface area contributed by atoms with Crippen molar-refractivity contribution in [2.75, 3.05) is 10.4 Å². The van der Waals surface area contributed by atoms with E-state index in [-0.39, 0.29) is 11.4 Å². The number of aromatic nitrogens is 1. The monoisotopic (exact) mass is 535 g/mol. The van der Waals surface area contributed by atoms with Gasteiger partial charge in [0.15, 0.2) is 5.71 Å². The Morgan fingerprint density at radius 3 is 2.05 bits per heavy atom. The Bertz CT molecular complexity index is 1700. The number of carbonyl (C=O) groups is 1. The van der Waals surface area contributed by atoms with E-state index in [1.807, 2.05) is 84.9 Å². The van der Waals surface area contributed by atoms with Gasteiger partial charge in [-0.1, -0.05) is 54.6 Å². The number of hydrogen-bond donors (Lipinski definition) is 3. The topological polar surface area (TPSA) is 159 Å². The minimum absolute atomic E-state index is 0.0815. The fourth-order valence-corrected chi connectivity index (χ4v) is 4.08. The molecule has 0 fully saturated rings. The number of nitro benzene ring substituents is 2. The summed E-state index contributed by atoms with van der Waals surface area (Å²) in [6, 6.07) is 28.8. The quantitative estimate of drug-likeness (QED) is 0.125. The zero-order chi connectivity index (χ0) is 28.1. The van der Waals surface area contributed by atoms with E-state index in [2.05, 4.69) is 20.9 Å². The molecule has 0 aliphatic rings. The molecule has 0 spiro atoms. The van der Waals surface area contributed by atoms with Crippen LogP contribution in [0.5, 0.6) is 0 Å². The Kier molecular flexibility index (Phi) is 7.13. The van der Waals surface area contributed by atoms with Crippen LogP contribution < -0.4 is 15.9 Å². The summed E-state index contributed by atoms with van der Waals surface area (Å²) < 4.78 is 0. The van der Waals surface area contributed by atoms with E-state index in [1.165, 1.54) is 6.07 Å². The van der Waals surface area contributed by atoms with Crippen LogP contribution in [0.1, 0.15) is 5.56 Å². The largest absolute Gasteiger partial charge is 0.360 e. The molecule has 5 aromatic rings. The molecule has 12 heteroatoms. The zero-order valence-electron chi connectivity index (χ0n) is 20.7. The van der Waals surface area contributed by atoms with Crippen molar-refractivity contribution >= 4 is 51.0 Å². The second kappa shape index (κ2) is 11.1. The third-order valence-corrected chi connectivity index (χ3v) is 5.98. The summed E-state index contributed by atoms with van der Waals surface area (Å²) in [6.45, 7) is 0. The molecule has 198 valence electrons. The number of hydrazone groups is 1. The lowest BCUT2D eigenvalue weighted by Crippen LogP contribution is -2.43. The number of benzene rings is 4. The Morgan fingerprint density at radius 2 is 1.43 bits per heavy atom. The zero-order valence-corrected chi connectivity index (χ0v) is 20.7. The van der Waals surface area contributed by atoms with Crippen LogP contribution in [0, 0.1) is 20.2 Å². The summed E-state index contributed by atoms with van der Waals surface area (Å²) in [5.74, 6) is -0.616. The molecule has 12 nitrogen and oxygen atoms in total. The van der Waals surface area contributed by atoms with Crippen molar-refractivity contribution in [1.29, 1.82) is 0 Å². The lowest BCUT2D eigenvalue weighted by atomic mass is 10.1. The molecule has 1 amide bonds. The first-order valence-electron chi connectivity index (χ1n) is 12.0. The van der Waals surface area contributed by atoms with Gasteiger partial charge >= 0.3 is 5.69 Å². The van der Waals surface area contributed by atoms with Crippen molar-refractivity contribution in [2.24, 2.45) is 5.10 Å². The maximum Gasteiger partial charge on any atom is 0.301 e. The Morgan fingerprint density at radius 1 is 0.800 bits per heavy atom. The normalized spacial score (nSPS) is 11.2. The van der Waals surface area contributed by atoms with Gasteiger partial charge in [0.2, 0.25) is 0 Å². The molecule has 0 saturated carbocycles. The molecule has 40 heavy (non-hydrogen) atoms. The number of nitro groups is 2. The van der Waals surface area contributed by atoms with Crippen LogP contribution in [0.2, 0.25) is 0 Å². The standard InChI is InChI=1S/C28H21N7O5/c36-28(32-33(19-9-3-1-4-10-19)20-11-5-2-6-12-20)27(23-18-29-24-14-8-7-13-22(23)24)31-30-25-16-15-21(34(37)38)17-26(25)35(39)40/h1-18,29-30H,(H,32,36)/b31-27-. The molecule has 0 bridgehead atoms. The molecule has 5 rings (SSSR count). The van der Waals surface area contributed by atoms with E-state index in [0.717, 1.165) is 17.6 Å². The van der Waals surface area contributed by atoms with Crippen molar-refractivity contribution in [3.8, 4) is 0 Å². The number of non-ortho nitro benzene ring substituents is 1. The minimum Gasteiger partial charge on any atom is -0.360 e. The molecule has 0 aliphatic heterocycles. The van der Waals surface area contributed by atoms with Gasteiger partial charge in [-0.2, -0.15) is 5.10 Å². The molecule has 0 unspecified atom stereocenters. The lowest BCUT2D eigenvalue weighted by molar-refractivity contribution is -0.393. The van der Waals surface area contributed by atoms with Crippen LogP contribution in [0.15, 0.2) is 114 Å². The summed E-state index contributed by atoms with van der Waals surface area (Å²) in [7, 11) is 0. The highest BCUT2D eigenvalue weighted by Gasteiger charge is 2.24. The maximum atomic E-state index is 13.9. The van der Waals surface area contributed by atoms with Gasteiger partial charge in [-0.3, -0.25) is 40.9 Å². The summed E-state index contributed by atoms with van der Waals surface area (Å²) in [6.07, 6.45) is 1.62. The predicted molar refractivity (Wildman–Crippen MR) is 151 cm³/mol. The number of para-hydroxylation sites is 3. The van der Waals surface area contributed by atoms with Gasteiger partial charge in [0, 0.05) is 28.7 Å². The molecule has 1 aromatic heterocycles. The van der Waals surface area contributed by atoms with Gasteiger partial charge < -0.3 is 4.98 Å². The molecule has 4 aromatic carbocycles. The predicted octanol–water partition coefficient (Wildman–Crippen LogP) is 5.67. The number of hydrogen-bond acceptors (Lipinski definition) is 8. The highest BCUT2D eigenvalue weighted by atomic mass is 16.6. The van der Waals surface area contributed by atoms with Crippen LogP contribution >= 0.6 is 0 Å². The second-order valence-electron chi connectivity index (χ2n) is 8.48. The number of aromatic amines is 1. The first-order chi connectivity index (χ1) is 19.4. The summed E-state index contributed by atoms with van der Waals surface area (Å²) >= 11 is 0. The van der Waals surface area contributed by atoms with E-state index in [0.29, 0.717) is 22.3 Å². The molecular weight excluding hydrogens is 514 g/mol. The molecule has 0 atom stereocenters. The second-order valence-corrected chi connectivity index (χ2v) is 8.48. The molecule has 0 aliphatic carbocycles. The van der Waals surface area contributed by atoms with E-state index < -0.39 is 27.1 Å². The number of hydrazine groups is 1. The summed E-state index contributed by atoms with van der Waals surface area (Å²) in [5, 5.41) is 29.3. The highest BCUT2D eigenvalue weighted by molar-refractivity contribution is 6.47. The Labute approximate surface area is 226 Å². The number of carbonyl (C=O) groups excluding carboxylic acids is 1. The van der Waals surface area contributed by atoms with E-state index in [9.17, 15) is 25.0 Å². The van der Waals surface area contributed by atoms with E-state index in [1.54, 1.807) is 11.2 Å². The molecule has 0 saturated heterocycles. The number of rotatable bonds is 9. The highest BCUT2D eigenvalue weighted by Crippen LogP contribution is 2.29. The molecule has 3 N–H and O–H groups in total. The van der Waals surface area contributed by atoms with Crippen LogP contribution in [0.3, 0.4) is 0 Å². The lowest BCUT2D eigenvalue weighted by Gasteiger charge is -2.25. The van der Waals surface area contributed by atoms with Gasteiger partial charge in [-0.25, -0.2) is 0 Å². The SMILES string of the molecule is O=C(NN(c1ccccc1)c1ccccc1)/C(=N\Nc1ccc([N+](=O)[O-])cc1[N+](=O)[O-])c1c[nH]c2ccccc12. The summed E-state index contributed by atoms with van der Waals surface area (Å²) in [5.41, 5.74) is 6.80. The van der Waals surface area contributed by atoms with Crippen molar-refractivity contribution in [1.82, 2.24) is 10.4 Å². The number of amides is 1. The van der Waals surface area contributed by atoms with Crippen LogP contribution in [-0.2, 0) is 4.79 Å². The van der Waals surface area contributed by atoms with Crippen molar-refractivity contribution in [3.63, 3.8) is 0 Å². The Hall–Kier alpha value is -6.04. The molecule has 1 heterocycles. The average Bonchev–Trinajstić information content (AvgIpc) is 3.40. The van der Waals surface area contributed by atoms with Crippen LogP contribution in [0.4, 0.5) is 28.4 Å². The van der Waals surface area contributed by atoms with Gasteiger partial charge in [-0.15, -0.1) is 0 Å². The summed E-state index contributed by atoms with van der Waals surface area (Å²) in [4.78, 5) is 38.3. The third-order valence-electron chi connectivity index (χ3n) is 5.98. The smallest absolute Gasteiger partial charge is 0.301 e. The van der Waals surface area contributed by atoms with Gasteiger partial charge in [-0.05, 0) is 36.4 Å². The van der Waals surface area contributed by atoms with Gasteiger partial charge in [0.25, 0.3) is 11.6 Å². The fourth-order valence-electron chi connectivity index (χ4n) is 4.08. The van der Waals surface area contributed by atoms with Crippen LogP contribution in [0.25, 0.3) is 10.9 Å². The number of nitrogens with zero attached hydrogens (tertiary/aromatic N) is 4. The minimum atomic E-state index is -0.761. The number of anilines is 3. The van der Waals surface area contributed by atoms with E-state index >= 15 is 0 Å². The van der Waals surface area contributed by atoms with Crippen molar-refractivity contribution < 1.29 is 14.6 Å². The third kappa shape index (κ3) is 5.31. The van der Waals surface area contributed by atoms with Crippen molar-refractivity contribution in [3.05, 3.63) is 135 Å². The first kappa shape index (κ1) is 25.6. The first-order valence-corrected chi connectivity index (χ1v) is 12.0. The van der Waals surface area contributed by atoms with Gasteiger partial charge in [0.05, 0.1) is 27.3 Å². The average molecular weight is 536 g/mol. The number of nitrogens with one attached hydrogen (secondary N) is 3. The van der Waals surface area contributed by atoms with E-state index in [4.69, 9.17) is 0 Å². The fraction of sp³-hybridized carbons (Fsp3) is 0. The van der Waals surface area contributed by atoms with Gasteiger partial charge in [0.1, 0.15) is 5.69 Å². The molecular formula is C28H21N7O5.